The van der Waals surface area contributed by atoms with E-state index in [1.54, 1.807) is 6.07 Å². The summed E-state index contributed by atoms with van der Waals surface area (Å²) in [6.07, 6.45) is 0.852. The zero-order valence-electron chi connectivity index (χ0n) is 11.5. The van der Waals surface area contributed by atoms with Gasteiger partial charge in [-0.15, -0.1) is 0 Å². The SMILES string of the molecule is CCCNC(c1cc(F)ccc1F)c1ccc(F)cc1I. The minimum Gasteiger partial charge on any atom is -0.306 e. The molecule has 1 N–H and O–H groups in total. The number of halogens is 4. The van der Waals surface area contributed by atoms with Crippen LogP contribution in [-0.4, -0.2) is 6.54 Å². The quantitative estimate of drug-likeness (QED) is 0.705. The molecule has 5 heteroatoms. The molecule has 0 aromatic heterocycles. The van der Waals surface area contributed by atoms with Crippen molar-refractivity contribution in [2.45, 2.75) is 19.4 Å². The minimum absolute atomic E-state index is 0.230. The second-order valence-electron chi connectivity index (χ2n) is 4.72. The molecule has 1 unspecified atom stereocenters. The van der Waals surface area contributed by atoms with Gasteiger partial charge in [0.1, 0.15) is 17.5 Å². The number of hydrogen-bond donors (Lipinski definition) is 1. The van der Waals surface area contributed by atoms with Crippen LogP contribution < -0.4 is 5.32 Å². The standard InChI is InChI=1S/C16H15F3IN/c1-2-7-21-16(12-5-3-11(18)9-15(12)20)13-8-10(17)4-6-14(13)19/h3-6,8-9,16,21H,2,7H2,1H3. The second-order valence-corrected chi connectivity index (χ2v) is 5.88. The Morgan fingerprint density at radius 1 is 1.00 bits per heavy atom. The molecule has 0 saturated heterocycles. The van der Waals surface area contributed by atoms with Crippen molar-refractivity contribution in [3.8, 4) is 0 Å². The van der Waals surface area contributed by atoms with Gasteiger partial charge in [-0.3, -0.25) is 0 Å². The van der Waals surface area contributed by atoms with Crippen LogP contribution in [0.4, 0.5) is 13.2 Å². The smallest absolute Gasteiger partial charge is 0.128 e. The van der Waals surface area contributed by atoms with Crippen LogP contribution in [0.15, 0.2) is 36.4 Å². The van der Waals surface area contributed by atoms with E-state index in [4.69, 9.17) is 0 Å². The molecule has 1 nitrogen and oxygen atoms in total. The van der Waals surface area contributed by atoms with E-state index in [0.717, 1.165) is 24.1 Å². The maximum absolute atomic E-state index is 14.1. The van der Waals surface area contributed by atoms with Crippen molar-refractivity contribution in [3.63, 3.8) is 0 Å². The third-order valence-electron chi connectivity index (χ3n) is 3.14. The number of rotatable bonds is 5. The largest absolute Gasteiger partial charge is 0.306 e. The average molecular weight is 405 g/mol. The first-order valence-corrected chi connectivity index (χ1v) is 7.74. The highest BCUT2D eigenvalue weighted by atomic mass is 127. The summed E-state index contributed by atoms with van der Waals surface area (Å²) in [6, 6.07) is 7.19. The maximum Gasteiger partial charge on any atom is 0.128 e. The lowest BCUT2D eigenvalue weighted by atomic mass is 9.98. The molecule has 2 rings (SSSR count). The van der Waals surface area contributed by atoms with Gasteiger partial charge in [0.2, 0.25) is 0 Å². The van der Waals surface area contributed by atoms with Gasteiger partial charge in [-0.1, -0.05) is 13.0 Å². The van der Waals surface area contributed by atoms with Gasteiger partial charge in [-0.25, -0.2) is 13.2 Å². The topological polar surface area (TPSA) is 12.0 Å². The molecular formula is C16H15F3IN. The molecule has 21 heavy (non-hydrogen) atoms. The van der Waals surface area contributed by atoms with E-state index >= 15 is 0 Å². The van der Waals surface area contributed by atoms with Crippen LogP contribution in [0.25, 0.3) is 0 Å². The van der Waals surface area contributed by atoms with E-state index in [0.29, 0.717) is 10.1 Å². The van der Waals surface area contributed by atoms with E-state index in [9.17, 15) is 13.2 Å². The summed E-state index contributed by atoms with van der Waals surface area (Å²) in [5.74, 6) is -1.32. The molecule has 0 saturated carbocycles. The molecule has 2 aromatic carbocycles. The summed E-state index contributed by atoms with van der Waals surface area (Å²) in [6.45, 7) is 2.63. The van der Waals surface area contributed by atoms with Crippen molar-refractivity contribution in [1.82, 2.24) is 5.32 Å². The second kappa shape index (κ2) is 7.26. The predicted molar refractivity (Wildman–Crippen MR) is 85.6 cm³/mol. The molecular weight excluding hydrogens is 390 g/mol. The lowest BCUT2D eigenvalue weighted by Crippen LogP contribution is -2.25. The predicted octanol–water partition coefficient (Wildman–Crippen LogP) is 4.80. The van der Waals surface area contributed by atoms with E-state index < -0.39 is 17.7 Å². The van der Waals surface area contributed by atoms with Gasteiger partial charge in [-0.05, 0) is 71.5 Å². The molecule has 0 aliphatic heterocycles. The summed E-state index contributed by atoms with van der Waals surface area (Å²) < 4.78 is 41.4. The highest BCUT2D eigenvalue weighted by Gasteiger charge is 2.20. The van der Waals surface area contributed by atoms with Crippen molar-refractivity contribution in [3.05, 3.63) is 68.5 Å². The normalized spacial score (nSPS) is 12.4. The average Bonchev–Trinajstić information content (AvgIpc) is 2.44. The fourth-order valence-corrected chi connectivity index (χ4v) is 2.94. The minimum atomic E-state index is -0.506. The molecule has 0 aliphatic carbocycles. The lowest BCUT2D eigenvalue weighted by molar-refractivity contribution is 0.533. The Morgan fingerprint density at radius 3 is 2.33 bits per heavy atom. The van der Waals surface area contributed by atoms with Crippen molar-refractivity contribution >= 4 is 22.6 Å². The lowest BCUT2D eigenvalue weighted by Gasteiger charge is -2.21. The van der Waals surface area contributed by atoms with Gasteiger partial charge >= 0.3 is 0 Å². The summed E-state index contributed by atoms with van der Waals surface area (Å²) in [5.41, 5.74) is 0.961. The molecule has 0 aliphatic rings. The number of nitrogens with one attached hydrogen (secondary N) is 1. The molecule has 0 heterocycles. The summed E-state index contributed by atoms with van der Waals surface area (Å²) in [4.78, 5) is 0. The summed E-state index contributed by atoms with van der Waals surface area (Å²) in [7, 11) is 0. The monoisotopic (exact) mass is 405 g/mol. The molecule has 0 spiro atoms. The maximum atomic E-state index is 14.1. The summed E-state index contributed by atoms with van der Waals surface area (Å²) >= 11 is 2.00. The Labute approximate surface area is 135 Å². The van der Waals surface area contributed by atoms with Gasteiger partial charge in [0.25, 0.3) is 0 Å². The molecule has 2 aromatic rings. The fourth-order valence-electron chi connectivity index (χ4n) is 2.15. The third-order valence-corrected chi connectivity index (χ3v) is 4.08. The van der Waals surface area contributed by atoms with Crippen LogP contribution in [0.1, 0.15) is 30.5 Å². The first kappa shape index (κ1) is 16.3. The van der Waals surface area contributed by atoms with Crippen LogP contribution in [0.3, 0.4) is 0 Å². The van der Waals surface area contributed by atoms with Gasteiger partial charge in [0, 0.05) is 9.13 Å². The van der Waals surface area contributed by atoms with Crippen LogP contribution in [-0.2, 0) is 0 Å². The Morgan fingerprint density at radius 2 is 1.67 bits per heavy atom. The van der Waals surface area contributed by atoms with Gasteiger partial charge in [-0.2, -0.15) is 0 Å². The molecule has 0 radical (unpaired) electrons. The van der Waals surface area contributed by atoms with E-state index in [2.05, 4.69) is 5.32 Å². The Hall–Kier alpha value is -1.08. The van der Waals surface area contributed by atoms with Crippen molar-refractivity contribution < 1.29 is 13.2 Å². The molecule has 112 valence electrons. The zero-order chi connectivity index (χ0) is 15.4. The highest BCUT2D eigenvalue weighted by Crippen LogP contribution is 2.29. The van der Waals surface area contributed by atoms with Crippen LogP contribution in [0.5, 0.6) is 0 Å². The Balaban J connectivity index is 2.49. The molecule has 0 bridgehead atoms. The summed E-state index contributed by atoms with van der Waals surface area (Å²) in [5, 5.41) is 3.20. The van der Waals surface area contributed by atoms with Crippen LogP contribution in [0.2, 0.25) is 0 Å². The van der Waals surface area contributed by atoms with Gasteiger partial charge in [0.05, 0.1) is 6.04 Å². The zero-order valence-corrected chi connectivity index (χ0v) is 13.6. The molecule has 0 amide bonds. The van der Waals surface area contributed by atoms with E-state index in [-0.39, 0.29) is 11.4 Å². The fraction of sp³-hybridized carbons (Fsp3) is 0.250. The van der Waals surface area contributed by atoms with Gasteiger partial charge < -0.3 is 5.32 Å². The Bertz CT molecular complexity index is 631. The first-order valence-electron chi connectivity index (χ1n) is 6.66. The van der Waals surface area contributed by atoms with E-state index in [1.807, 2.05) is 29.5 Å². The van der Waals surface area contributed by atoms with E-state index in [1.165, 1.54) is 18.2 Å². The van der Waals surface area contributed by atoms with Crippen molar-refractivity contribution in [2.24, 2.45) is 0 Å². The molecule has 0 fully saturated rings. The van der Waals surface area contributed by atoms with Gasteiger partial charge in [0.15, 0.2) is 0 Å². The van der Waals surface area contributed by atoms with Crippen LogP contribution in [0, 0.1) is 21.0 Å². The highest BCUT2D eigenvalue weighted by molar-refractivity contribution is 14.1. The van der Waals surface area contributed by atoms with Crippen molar-refractivity contribution in [1.29, 1.82) is 0 Å². The first-order chi connectivity index (χ1) is 10.0. The Kier molecular flexibility index (Phi) is 5.64. The van der Waals surface area contributed by atoms with Crippen molar-refractivity contribution in [2.75, 3.05) is 6.54 Å². The molecule has 1 atom stereocenters. The number of benzene rings is 2. The van der Waals surface area contributed by atoms with Crippen LogP contribution >= 0.6 is 22.6 Å². The third kappa shape index (κ3) is 3.97. The number of hydrogen-bond acceptors (Lipinski definition) is 1.